The molecular weight excluding hydrogens is 252 g/mol. The van der Waals surface area contributed by atoms with E-state index in [1.807, 2.05) is 24.8 Å². The predicted molar refractivity (Wildman–Crippen MR) is 77.4 cm³/mol. The Morgan fingerprint density at radius 3 is 2.55 bits per heavy atom. The summed E-state index contributed by atoms with van der Waals surface area (Å²) in [4.78, 5) is 8.48. The van der Waals surface area contributed by atoms with Gasteiger partial charge in [0.25, 0.3) is 0 Å². The fourth-order valence-corrected chi connectivity index (χ4v) is 2.58. The van der Waals surface area contributed by atoms with E-state index in [2.05, 4.69) is 29.7 Å². The van der Waals surface area contributed by atoms with E-state index in [1.54, 1.807) is 0 Å². The van der Waals surface area contributed by atoms with Gasteiger partial charge in [-0.1, -0.05) is 0 Å². The minimum absolute atomic E-state index is 0.926. The Hall–Kier alpha value is -1.66. The first-order valence-electron chi connectivity index (χ1n) is 7.35. The van der Waals surface area contributed by atoms with Crippen LogP contribution < -0.4 is 10.6 Å². The highest BCUT2D eigenvalue weighted by Gasteiger charge is 2.05. The lowest BCUT2D eigenvalue weighted by Gasteiger charge is -2.00. The molecule has 2 aliphatic rings. The lowest BCUT2D eigenvalue weighted by molar-refractivity contribution is 0.579. The van der Waals surface area contributed by atoms with Gasteiger partial charge in [0.1, 0.15) is 11.6 Å². The fraction of sp³-hybridized carbons (Fsp3) is 0.571. The summed E-state index contributed by atoms with van der Waals surface area (Å²) in [6.45, 7) is 5.24. The SMILES string of the molecule is c1cn2c(n1)CCCNC2.c1cn2c(n1)CCNCC2. The molecule has 0 spiro atoms. The summed E-state index contributed by atoms with van der Waals surface area (Å²) in [7, 11) is 0. The summed E-state index contributed by atoms with van der Waals surface area (Å²) in [5.74, 6) is 2.43. The number of aryl methyl sites for hydroxylation is 1. The van der Waals surface area contributed by atoms with Crippen molar-refractivity contribution in [2.75, 3.05) is 19.6 Å². The Morgan fingerprint density at radius 1 is 0.850 bits per heavy atom. The topological polar surface area (TPSA) is 59.7 Å². The number of hydrogen-bond donors (Lipinski definition) is 2. The standard InChI is InChI=1S/2C7H11N3/c1-2-8-3-5-10-6-4-9-7(1)10;1-2-7-9-4-5-10(7)6-8-3-1/h4,6,8H,1-3,5H2;4-5,8H,1-3,6H2. The van der Waals surface area contributed by atoms with E-state index in [9.17, 15) is 0 Å². The zero-order chi connectivity index (χ0) is 13.6. The first kappa shape index (κ1) is 13.3. The van der Waals surface area contributed by atoms with E-state index in [0.29, 0.717) is 0 Å². The number of rotatable bonds is 0. The van der Waals surface area contributed by atoms with Crippen LogP contribution in [0.3, 0.4) is 0 Å². The van der Waals surface area contributed by atoms with Crippen LogP contribution in [-0.2, 0) is 26.1 Å². The lowest BCUT2D eigenvalue weighted by atomic mass is 10.3. The molecule has 108 valence electrons. The Balaban J connectivity index is 0.000000121. The molecule has 0 saturated carbocycles. The molecule has 0 fully saturated rings. The number of nitrogens with one attached hydrogen (secondary N) is 2. The summed E-state index contributed by atoms with van der Waals surface area (Å²) < 4.78 is 4.37. The van der Waals surface area contributed by atoms with Gasteiger partial charge < -0.3 is 14.5 Å². The van der Waals surface area contributed by atoms with Gasteiger partial charge in [-0.05, 0) is 13.0 Å². The van der Waals surface area contributed by atoms with E-state index in [-0.39, 0.29) is 0 Å². The predicted octanol–water partition coefficient (Wildman–Crippen LogP) is 0.405. The summed E-state index contributed by atoms with van der Waals surface area (Å²) in [6.07, 6.45) is 11.2. The van der Waals surface area contributed by atoms with Gasteiger partial charge in [-0.3, -0.25) is 5.32 Å². The second kappa shape index (κ2) is 6.67. The van der Waals surface area contributed by atoms with Gasteiger partial charge in [0.2, 0.25) is 0 Å². The second-order valence-corrected chi connectivity index (χ2v) is 5.11. The molecule has 0 aromatic carbocycles. The molecule has 2 aromatic rings. The molecule has 0 atom stereocenters. The van der Waals surface area contributed by atoms with E-state index < -0.39 is 0 Å². The van der Waals surface area contributed by atoms with Crippen molar-refractivity contribution in [3.8, 4) is 0 Å². The monoisotopic (exact) mass is 274 g/mol. The molecule has 0 saturated heterocycles. The highest BCUT2D eigenvalue weighted by Crippen LogP contribution is 2.02. The van der Waals surface area contributed by atoms with Crippen LogP contribution in [0.25, 0.3) is 0 Å². The highest BCUT2D eigenvalue weighted by atomic mass is 15.2. The first-order chi connectivity index (χ1) is 9.93. The molecule has 6 heteroatoms. The number of aromatic nitrogens is 4. The maximum atomic E-state index is 4.24. The maximum absolute atomic E-state index is 4.24. The lowest BCUT2D eigenvalue weighted by Crippen LogP contribution is -2.17. The number of fused-ring (bicyclic) bond motifs is 2. The molecule has 0 amide bonds. The van der Waals surface area contributed by atoms with E-state index in [4.69, 9.17) is 0 Å². The molecule has 0 radical (unpaired) electrons. The van der Waals surface area contributed by atoms with Gasteiger partial charge in [-0.2, -0.15) is 0 Å². The zero-order valence-corrected chi connectivity index (χ0v) is 11.8. The number of imidazole rings is 2. The number of hydrogen-bond acceptors (Lipinski definition) is 4. The van der Waals surface area contributed by atoms with Gasteiger partial charge in [0, 0.05) is 57.3 Å². The average molecular weight is 274 g/mol. The maximum Gasteiger partial charge on any atom is 0.109 e. The van der Waals surface area contributed by atoms with Crippen molar-refractivity contribution in [3.05, 3.63) is 36.4 Å². The summed E-state index contributed by atoms with van der Waals surface area (Å²) in [5, 5.41) is 6.63. The minimum atomic E-state index is 0.926. The second-order valence-electron chi connectivity index (χ2n) is 5.11. The Morgan fingerprint density at radius 2 is 1.65 bits per heavy atom. The number of nitrogens with zero attached hydrogens (tertiary/aromatic N) is 4. The molecule has 2 N–H and O–H groups in total. The van der Waals surface area contributed by atoms with E-state index in [1.165, 1.54) is 18.1 Å². The van der Waals surface area contributed by atoms with Crippen molar-refractivity contribution >= 4 is 0 Å². The van der Waals surface area contributed by atoms with E-state index >= 15 is 0 Å². The Labute approximate surface area is 119 Å². The van der Waals surface area contributed by atoms with Crippen LogP contribution in [0.5, 0.6) is 0 Å². The molecule has 2 aliphatic heterocycles. The fourth-order valence-electron chi connectivity index (χ4n) is 2.58. The largest absolute Gasteiger partial charge is 0.334 e. The first-order valence-corrected chi connectivity index (χ1v) is 7.35. The third-order valence-corrected chi connectivity index (χ3v) is 3.69. The molecule has 6 nitrogen and oxygen atoms in total. The van der Waals surface area contributed by atoms with Crippen LogP contribution in [0.15, 0.2) is 24.8 Å². The molecule has 4 heterocycles. The van der Waals surface area contributed by atoms with Crippen LogP contribution in [0.2, 0.25) is 0 Å². The summed E-state index contributed by atoms with van der Waals surface area (Å²) in [6, 6.07) is 0. The summed E-state index contributed by atoms with van der Waals surface area (Å²) in [5.41, 5.74) is 0. The normalized spacial score (nSPS) is 18.0. The van der Waals surface area contributed by atoms with Crippen LogP contribution >= 0.6 is 0 Å². The third-order valence-electron chi connectivity index (χ3n) is 3.69. The average Bonchev–Trinajstić information content (AvgIpc) is 2.98. The molecule has 0 bridgehead atoms. The molecule has 0 aliphatic carbocycles. The smallest absolute Gasteiger partial charge is 0.109 e. The zero-order valence-electron chi connectivity index (χ0n) is 11.8. The Kier molecular flexibility index (Phi) is 4.45. The van der Waals surface area contributed by atoms with Crippen molar-refractivity contribution in [2.45, 2.75) is 32.5 Å². The van der Waals surface area contributed by atoms with Crippen molar-refractivity contribution in [1.82, 2.24) is 29.7 Å². The van der Waals surface area contributed by atoms with Crippen LogP contribution in [0, 0.1) is 0 Å². The summed E-state index contributed by atoms with van der Waals surface area (Å²) >= 11 is 0. The van der Waals surface area contributed by atoms with Gasteiger partial charge in [-0.25, -0.2) is 9.97 Å². The van der Waals surface area contributed by atoms with Crippen LogP contribution in [0.1, 0.15) is 18.1 Å². The quantitative estimate of drug-likeness (QED) is 0.730. The molecular formula is C14H22N6. The molecule has 0 unspecified atom stereocenters. The third kappa shape index (κ3) is 3.26. The van der Waals surface area contributed by atoms with Gasteiger partial charge in [0.05, 0.1) is 6.67 Å². The molecule has 20 heavy (non-hydrogen) atoms. The molecule has 2 aromatic heterocycles. The van der Waals surface area contributed by atoms with Gasteiger partial charge >= 0.3 is 0 Å². The van der Waals surface area contributed by atoms with Gasteiger partial charge in [0.15, 0.2) is 0 Å². The van der Waals surface area contributed by atoms with E-state index in [0.717, 1.165) is 45.7 Å². The van der Waals surface area contributed by atoms with Crippen molar-refractivity contribution in [3.63, 3.8) is 0 Å². The van der Waals surface area contributed by atoms with Gasteiger partial charge in [-0.15, -0.1) is 0 Å². The van der Waals surface area contributed by atoms with Crippen LogP contribution in [0.4, 0.5) is 0 Å². The van der Waals surface area contributed by atoms with Crippen molar-refractivity contribution < 1.29 is 0 Å². The van der Waals surface area contributed by atoms with Crippen LogP contribution in [-0.4, -0.2) is 38.7 Å². The molecule has 4 rings (SSSR count). The Bertz CT molecular complexity index is 440. The minimum Gasteiger partial charge on any atom is -0.334 e. The van der Waals surface area contributed by atoms with Crippen molar-refractivity contribution in [2.24, 2.45) is 0 Å². The highest BCUT2D eigenvalue weighted by molar-refractivity contribution is 4.94. The van der Waals surface area contributed by atoms with Crippen molar-refractivity contribution in [1.29, 1.82) is 0 Å².